The number of hydrogen-bond acceptors (Lipinski definition) is 4. The van der Waals surface area contributed by atoms with E-state index in [1.165, 1.54) is 0 Å². The van der Waals surface area contributed by atoms with E-state index in [0.717, 1.165) is 0 Å². The van der Waals surface area contributed by atoms with Crippen LogP contribution >= 0.6 is 0 Å². The fourth-order valence-corrected chi connectivity index (χ4v) is 2.19. The fourth-order valence-electron chi connectivity index (χ4n) is 2.19. The molecule has 2 heterocycles. The van der Waals surface area contributed by atoms with Gasteiger partial charge in [0.1, 0.15) is 5.69 Å². The number of aliphatic hydroxyl groups is 2. The fraction of sp³-hybridized carbons (Fsp3) is 0.538. The summed E-state index contributed by atoms with van der Waals surface area (Å²) in [5, 5.41) is 19.2. The molecule has 0 spiro atoms. The Hall–Kier alpha value is -1.46. The topological polar surface area (TPSA) is 73.7 Å². The van der Waals surface area contributed by atoms with Gasteiger partial charge < -0.3 is 15.1 Å². The second-order valence-corrected chi connectivity index (χ2v) is 4.74. The quantitative estimate of drug-likeness (QED) is 0.798. The van der Waals surface area contributed by atoms with E-state index in [1.807, 2.05) is 0 Å². The molecule has 1 atom stereocenters. The van der Waals surface area contributed by atoms with Crippen molar-refractivity contribution in [3.8, 4) is 0 Å². The molecule has 5 heteroatoms. The highest BCUT2D eigenvalue weighted by atomic mass is 16.3. The van der Waals surface area contributed by atoms with Crippen molar-refractivity contribution in [1.82, 2.24) is 9.88 Å². The zero-order chi connectivity index (χ0) is 13.0. The molecule has 1 fully saturated rings. The van der Waals surface area contributed by atoms with Gasteiger partial charge in [0.2, 0.25) is 0 Å². The highest BCUT2D eigenvalue weighted by molar-refractivity contribution is 5.92. The molecular weight excluding hydrogens is 232 g/mol. The van der Waals surface area contributed by atoms with Crippen LogP contribution in [0.2, 0.25) is 0 Å². The van der Waals surface area contributed by atoms with Crippen molar-refractivity contribution in [2.45, 2.75) is 24.9 Å². The lowest BCUT2D eigenvalue weighted by Gasteiger charge is -2.24. The molecule has 1 aromatic heterocycles. The lowest BCUT2D eigenvalue weighted by Crippen LogP contribution is -2.36. The summed E-state index contributed by atoms with van der Waals surface area (Å²) in [4.78, 5) is 17.9. The summed E-state index contributed by atoms with van der Waals surface area (Å²) in [6.07, 6.45) is 3.21. The number of aliphatic hydroxyl groups excluding tert-OH is 1. The molecule has 0 aromatic carbocycles. The number of carbonyl (C=O) groups excluding carboxylic acids is 1. The summed E-state index contributed by atoms with van der Waals surface area (Å²) in [7, 11) is 0. The predicted octanol–water partition coefficient (Wildman–Crippen LogP) is 0.431. The van der Waals surface area contributed by atoms with Gasteiger partial charge in [-0.25, -0.2) is 0 Å². The number of nitrogens with zero attached hydrogens (tertiary/aromatic N) is 2. The Bertz CT molecular complexity index is 410. The predicted molar refractivity (Wildman–Crippen MR) is 66.0 cm³/mol. The van der Waals surface area contributed by atoms with Crippen molar-refractivity contribution in [1.29, 1.82) is 0 Å². The van der Waals surface area contributed by atoms with Crippen LogP contribution < -0.4 is 0 Å². The molecule has 18 heavy (non-hydrogen) atoms. The summed E-state index contributed by atoms with van der Waals surface area (Å²) in [6.45, 7) is 0.794. The normalized spacial score (nSPS) is 24.7. The van der Waals surface area contributed by atoms with Crippen molar-refractivity contribution < 1.29 is 15.0 Å². The van der Waals surface area contributed by atoms with Crippen LogP contribution in [0.3, 0.4) is 0 Å². The van der Waals surface area contributed by atoms with E-state index in [4.69, 9.17) is 5.11 Å². The smallest absolute Gasteiger partial charge is 0.272 e. The van der Waals surface area contributed by atoms with Crippen molar-refractivity contribution in [2.75, 3.05) is 19.7 Å². The highest BCUT2D eigenvalue weighted by Crippen LogP contribution is 2.22. The maximum atomic E-state index is 12.2. The minimum atomic E-state index is -1.04. The molecule has 1 aliphatic heterocycles. The number of rotatable bonds is 2. The number of carbonyl (C=O) groups is 1. The van der Waals surface area contributed by atoms with Gasteiger partial charge in [-0.1, -0.05) is 6.07 Å². The maximum absolute atomic E-state index is 12.2. The number of hydrogen-bond donors (Lipinski definition) is 2. The largest absolute Gasteiger partial charge is 0.393 e. The van der Waals surface area contributed by atoms with E-state index in [9.17, 15) is 9.90 Å². The lowest BCUT2D eigenvalue weighted by molar-refractivity contribution is -0.0250. The van der Waals surface area contributed by atoms with E-state index in [2.05, 4.69) is 4.98 Å². The van der Waals surface area contributed by atoms with Gasteiger partial charge in [0.15, 0.2) is 0 Å². The average molecular weight is 250 g/mol. The summed E-state index contributed by atoms with van der Waals surface area (Å²) < 4.78 is 0. The van der Waals surface area contributed by atoms with Gasteiger partial charge in [-0.2, -0.15) is 0 Å². The molecule has 2 N–H and O–H groups in total. The van der Waals surface area contributed by atoms with Gasteiger partial charge in [0.25, 0.3) is 5.91 Å². The molecule has 0 unspecified atom stereocenters. The molecule has 0 bridgehead atoms. The first-order valence-corrected chi connectivity index (χ1v) is 6.18. The number of pyridine rings is 1. The molecular formula is C13H18N2O3. The van der Waals surface area contributed by atoms with Gasteiger partial charge >= 0.3 is 0 Å². The van der Waals surface area contributed by atoms with E-state index >= 15 is 0 Å². The van der Waals surface area contributed by atoms with Crippen LogP contribution in [0.25, 0.3) is 0 Å². The van der Waals surface area contributed by atoms with Crippen LogP contribution in [0.1, 0.15) is 29.8 Å². The van der Waals surface area contributed by atoms with Crippen LogP contribution in [0, 0.1) is 0 Å². The first kappa shape index (κ1) is 13.0. The molecule has 5 nitrogen and oxygen atoms in total. The van der Waals surface area contributed by atoms with Crippen molar-refractivity contribution in [3.63, 3.8) is 0 Å². The van der Waals surface area contributed by atoms with Gasteiger partial charge in [0.05, 0.1) is 12.2 Å². The molecule has 0 saturated carbocycles. The molecule has 1 aliphatic rings. The Morgan fingerprint density at radius 2 is 2.22 bits per heavy atom. The number of amides is 1. The zero-order valence-electron chi connectivity index (χ0n) is 10.2. The maximum Gasteiger partial charge on any atom is 0.272 e. The molecule has 0 aliphatic carbocycles. The first-order chi connectivity index (χ1) is 8.64. The summed E-state index contributed by atoms with van der Waals surface area (Å²) in [5.74, 6) is -0.113. The molecule has 0 radical (unpaired) electrons. The third-order valence-electron chi connectivity index (χ3n) is 3.38. The van der Waals surface area contributed by atoms with E-state index in [-0.39, 0.29) is 12.5 Å². The highest BCUT2D eigenvalue weighted by Gasteiger charge is 2.31. The molecule has 1 aromatic rings. The van der Waals surface area contributed by atoms with Crippen LogP contribution in [0.5, 0.6) is 0 Å². The molecule has 1 amide bonds. The van der Waals surface area contributed by atoms with Crippen LogP contribution in [0.15, 0.2) is 24.4 Å². The van der Waals surface area contributed by atoms with Gasteiger partial charge in [0, 0.05) is 19.3 Å². The minimum Gasteiger partial charge on any atom is -0.393 e. The lowest BCUT2D eigenvalue weighted by atomic mass is 9.96. The first-order valence-electron chi connectivity index (χ1n) is 6.18. The molecule has 2 rings (SSSR count). The second-order valence-electron chi connectivity index (χ2n) is 4.74. The van der Waals surface area contributed by atoms with Crippen LogP contribution in [0.4, 0.5) is 0 Å². The van der Waals surface area contributed by atoms with Crippen LogP contribution in [-0.2, 0) is 0 Å². The molecule has 98 valence electrons. The zero-order valence-corrected chi connectivity index (χ0v) is 10.2. The van der Waals surface area contributed by atoms with E-state index in [1.54, 1.807) is 29.3 Å². The average Bonchev–Trinajstić information content (AvgIpc) is 2.62. The van der Waals surface area contributed by atoms with E-state index < -0.39 is 5.60 Å². The van der Waals surface area contributed by atoms with Gasteiger partial charge in [-0.15, -0.1) is 0 Å². The third kappa shape index (κ3) is 2.86. The number of aromatic nitrogens is 1. The SMILES string of the molecule is O=C(c1ccccn1)N1CCC[C@](O)(CO)CC1. The number of likely N-dealkylation sites (tertiary alicyclic amines) is 1. The summed E-state index contributed by atoms with van der Waals surface area (Å²) in [6, 6.07) is 5.23. The third-order valence-corrected chi connectivity index (χ3v) is 3.38. The second kappa shape index (κ2) is 5.46. The Labute approximate surface area is 106 Å². The Morgan fingerprint density at radius 1 is 1.39 bits per heavy atom. The van der Waals surface area contributed by atoms with E-state index in [0.29, 0.717) is 38.0 Å². The summed E-state index contributed by atoms with van der Waals surface area (Å²) >= 11 is 0. The van der Waals surface area contributed by atoms with Crippen molar-refractivity contribution in [3.05, 3.63) is 30.1 Å². The Kier molecular flexibility index (Phi) is 3.93. The Balaban J connectivity index is 2.05. The minimum absolute atomic E-state index is 0.113. The molecule has 1 saturated heterocycles. The Morgan fingerprint density at radius 3 is 2.89 bits per heavy atom. The van der Waals surface area contributed by atoms with Crippen molar-refractivity contribution >= 4 is 5.91 Å². The summed E-state index contributed by atoms with van der Waals surface area (Å²) in [5.41, 5.74) is -0.619. The van der Waals surface area contributed by atoms with Gasteiger partial charge in [-0.3, -0.25) is 9.78 Å². The van der Waals surface area contributed by atoms with Crippen molar-refractivity contribution in [2.24, 2.45) is 0 Å². The van der Waals surface area contributed by atoms with Crippen LogP contribution in [-0.4, -0.2) is 51.3 Å². The standard InChI is InChI=1S/C13H18N2O3/c16-10-13(18)5-3-8-15(9-6-13)12(17)11-4-1-2-7-14-11/h1-2,4,7,16,18H,3,5-6,8-10H2/t13-/m1/s1. The van der Waals surface area contributed by atoms with Gasteiger partial charge in [-0.05, 0) is 31.4 Å². The monoisotopic (exact) mass is 250 g/mol.